The van der Waals surface area contributed by atoms with Gasteiger partial charge in [0.15, 0.2) is 0 Å². The van der Waals surface area contributed by atoms with Crippen molar-refractivity contribution >= 4 is 8.07 Å². The lowest BCUT2D eigenvalue weighted by Crippen LogP contribution is -2.50. The van der Waals surface area contributed by atoms with Crippen molar-refractivity contribution in [1.29, 1.82) is 0 Å². The van der Waals surface area contributed by atoms with Crippen molar-refractivity contribution in [3.05, 3.63) is 12.7 Å². The van der Waals surface area contributed by atoms with Crippen molar-refractivity contribution in [2.24, 2.45) is 47.3 Å². The lowest BCUT2D eigenvalue weighted by molar-refractivity contribution is 0.184. The molecule has 0 amide bonds. The Morgan fingerprint density at radius 2 is 0.812 bits per heavy atom. The van der Waals surface area contributed by atoms with E-state index < -0.39 is 8.07 Å². The summed E-state index contributed by atoms with van der Waals surface area (Å²) in [6, 6.07) is 1.60. The normalized spacial score (nSPS) is 49.9. The first-order valence-electron chi connectivity index (χ1n) is 15.3. The molecule has 6 fully saturated rings. The van der Waals surface area contributed by atoms with Gasteiger partial charge in [0.1, 0.15) is 0 Å². The number of allylic oxidation sites excluding steroid dienone is 1. The number of hydrogen-bond acceptors (Lipinski definition) is 0. The van der Waals surface area contributed by atoms with Gasteiger partial charge < -0.3 is 0 Å². The zero-order chi connectivity index (χ0) is 21.7. The molecule has 0 heterocycles. The van der Waals surface area contributed by atoms with Crippen LogP contribution in [0.4, 0.5) is 0 Å². The molecule has 0 aromatic heterocycles. The molecule has 0 radical (unpaired) electrons. The number of fused-ring (bicyclic) bond motifs is 6. The second-order valence-corrected chi connectivity index (χ2v) is 18.7. The summed E-state index contributed by atoms with van der Waals surface area (Å²) in [4.78, 5) is 0. The zero-order valence-corrected chi connectivity index (χ0v) is 22.3. The fourth-order valence-corrected chi connectivity index (χ4v) is 19.7. The van der Waals surface area contributed by atoms with Gasteiger partial charge >= 0.3 is 0 Å². The number of rotatable bonds is 5. The molecule has 180 valence electrons. The van der Waals surface area contributed by atoms with Crippen LogP contribution in [0.5, 0.6) is 0 Å². The summed E-state index contributed by atoms with van der Waals surface area (Å²) in [5.74, 6) is 9.12. The van der Waals surface area contributed by atoms with Crippen molar-refractivity contribution in [1.82, 2.24) is 0 Å². The van der Waals surface area contributed by atoms with Gasteiger partial charge in [-0.1, -0.05) is 95.7 Å². The molecule has 0 bridgehead atoms. The third kappa shape index (κ3) is 3.48. The Labute approximate surface area is 200 Å². The first-order chi connectivity index (χ1) is 15.7. The van der Waals surface area contributed by atoms with E-state index in [-0.39, 0.29) is 0 Å². The van der Waals surface area contributed by atoms with E-state index in [9.17, 15) is 0 Å². The van der Waals surface area contributed by atoms with E-state index in [1.54, 1.807) is 109 Å². The predicted octanol–water partition coefficient (Wildman–Crippen LogP) is 9.63. The van der Waals surface area contributed by atoms with Gasteiger partial charge in [0.25, 0.3) is 0 Å². The van der Waals surface area contributed by atoms with Crippen LogP contribution in [0.15, 0.2) is 12.7 Å². The minimum Gasteiger partial charge on any atom is -0.103 e. The maximum absolute atomic E-state index is 4.27. The molecule has 0 aromatic carbocycles. The highest BCUT2D eigenvalue weighted by atomic mass is 28.3. The van der Waals surface area contributed by atoms with E-state index in [1.807, 2.05) is 0 Å². The summed E-state index contributed by atoms with van der Waals surface area (Å²) < 4.78 is 0. The Bertz CT molecular complexity index is 575. The van der Waals surface area contributed by atoms with Crippen LogP contribution in [0.3, 0.4) is 0 Å². The van der Waals surface area contributed by atoms with Gasteiger partial charge in [-0.15, -0.1) is 6.58 Å². The van der Waals surface area contributed by atoms with Gasteiger partial charge in [0, 0.05) is 0 Å². The smallest absolute Gasteiger partial charge is 0.0581 e. The summed E-state index contributed by atoms with van der Waals surface area (Å²) in [6.45, 7) is 7.30. The largest absolute Gasteiger partial charge is 0.103 e. The summed E-state index contributed by atoms with van der Waals surface area (Å²) in [7, 11) is -1.41. The maximum atomic E-state index is 4.27. The van der Waals surface area contributed by atoms with E-state index in [1.165, 1.54) is 17.5 Å². The van der Waals surface area contributed by atoms with Crippen LogP contribution in [-0.2, 0) is 0 Å². The molecule has 1 heteroatoms. The predicted molar refractivity (Wildman–Crippen MR) is 141 cm³/mol. The summed E-state index contributed by atoms with van der Waals surface area (Å²) in [6.07, 6.45) is 29.0. The Hall–Kier alpha value is -0.0431. The van der Waals surface area contributed by atoms with Gasteiger partial charge in [-0.25, -0.2) is 0 Å². The van der Waals surface area contributed by atoms with Crippen LogP contribution in [0.2, 0.25) is 23.7 Å². The SMILES string of the molecule is C=CCC[Si](C)(C1C2CCCCC2C2CCCCC21)C1C2CCCCC2C2CCCCC21. The quantitative estimate of drug-likeness (QED) is 0.287. The van der Waals surface area contributed by atoms with Crippen molar-refractivity contribution < 1.29 is 0 Å². The standard InChI is InChI=1S/C31H52Si/c1-3-4-21-32(2,30-26-17-9-5-13-22(26)23-14-6-10-18-27(23)30)31-28-19-11-7-15-24(28)25-16-8-12-20-29(25)31/h3,22-31H,1,4-21H2,2H3. The average Bonchev–Trinajstić information content (AvgIpc) is 3.37. The molecular formula is C31H52Si. The molecule has 8 atom stereocenters. The third-order valence-electron chi connectivity index (χ3n) is 12.9. The molecule has 0 spiro atoms. The first kappa shape index (κ1) is 22.4. The summed E-state index contributed by atoms with van der Waals surface area (Å²) >= 11 is 0. The Morgan fingerprint density at radius 3 is 1.09 bits per heavy atom. The molecule has 8 unspecified atom stereocenters. The first-order valence-corrected chi connectivity index (χ1v) is 18.2. The maximum Gasteiger partial charge on any atom is 0.0581 e. The molecule has 6 aliphatic rings. The molecule has 6 saturated carbocycles. The minimum absolute atomic E-state index is 1.14. The number of hydrogen-bond donors (Lipinski definition) is 0. The van der Waals surface area contributed by atoms with Crippen LogP contribution in [-0.4, -0.2) is 8.07 Å². The van der Waals surface area contributed by atoms with Crippen LogP contribution in [0, 0.1) is 47.3 Å². The van der Waals surface area contributed by atoms with Crippen molar-refractivity contribution in [2.75, 3.05) is 0 Å². The van der Waals surface area contributed by atoms with E-state index >= 15 is 0 Å². The van der Waals surface area contributed by atoms with E-state index in [4.69, 9.17) is 0 Å². The second kappa shape index (κ2) is 9.20. The van der Waals surface area contributed by atoms with E-state index in [0.717, 1.165) is 47.3 Å². The summed E-state index contributed by atoms with van der Waals surface area (Å²) in [5, 5.41) is 0. The summed E-state index contributed by atoms with van der Waals surface area (Å²) in [5.41, 5.74) is 2.37. The zero-order valence-electron chi connectivity index (χ0n) is 21.3. The third-order valence-corrected chi connectivity index (χ3v) is 19.0. The molecule has 6 rings (SSSR count). The minimum atomic E-state index is -1.41. The highest BCUT2D eigenvalue weighted by Gasteiger charge is 2.64. The highest BCUT2D eigenvalue weighted by Crippen LogP contribution is 2.71. The van der Waals surface area contributed by atoms with Crippen LogP contribution < -0.4 is 0 Å². The molecule has 0 aromatic rings. The monoisotopic (exact) mass is 452 g/mol. The highest BCUT2D eigenvalue weighted by molar-refractivity contribution is 6.81. The molecule has 0 N–H and O–H groups in total. The fourth-order valence-electron chi connectivity index (χ4n) is 12.2. The van der Waals surface area contributed by atoms with Crippen molar-refractivity contribution in [2.45, 2.75) is 133 Å². The molecule has 0 nitrogen and oxygen atoms in total. The lowest BCUT2D eigenvalue weighted by Gasteiger charge is -2.51. The molecule has 32 heavy (non-hydrogen) atoms. The van der Waals surface area contributed by atoms with Crippen LogP contribution in [0.25, 0.3) is 0 Å². The molecule has 6 aliphatic carbocycles. The fraction of sp³-hybridized carbons (Fsp3) is 0.935. The molecule has 0 saturated heterocycles. The van der Waals surface area contributed by atoms with Gasteiger partial charge in [0.2, 0.25) is 0 Å². The Balaban J connectivity index is 1.41. The van der Waals surface area contributed by atoms with Crippen molar-refractivity contribution in [3.63, 3.8) is 0 Å². The van der Waals surface area contributed by atoms with Crippen LogP contribution in [0.1, 0.15) is 109 Å². The van der Waals surface area contributed by atoms with E-state index in [2.05, 4.69) is 19.2 Å². The van der Waals surface area contributed by atoms with Gasteiger partial charge in [-0.2, -0.15) is 0 Å². The van der Waals surface area contributed by atoms with Crippen molar-refractivity contribution in [3.8, 4) is 0 Å². The molecule has 0 aliphatic heterocycles. The van der Waals surface area contributed by atoms with Gasteiger partial charge in [-0.3, -0.25) is 0 Å². The second-order valence-electron chi connectivity index (χ2n) is 13.8. The topological polar surface area (TPSA) is 0 Å². The average molecular weight is 453 g/mol. The lowest BCUT2D eigenvalue weighted by atomic mass is 9.73. The Morgan fingerprint density at radius 1 is 0.531 bits per heavy atom. The van der Waals surface area contributed by atoms with Gasteiger partial charge in [-0.05, 0) is 90.5 Å². The Kier molecular flexibility index (Phi) is 6.45. The van der Waals surface area contributed by atoms with Gasteiger partial charge in [0.05, 0.1) is 8.07 Å². The van der Waals surface area contributed by atoms with E-state index in [0.29, 0.717) is 0 Å². The molecular weight excluding hydrogens is 400 g/mol. The van der Waals surface area contributed by atoms with Crippen LogP contribution >= 0.6 is 0 Å².